The van der Waals surface area contributed by atoms with Crippen LogP contribution in [0.2, 0.25) is 0 Å². The molecule has 20 heavy (non-hydrogen) atoms. The molecule has 1 saturated carbocycles. The van der Waals surface area contributed by atoms with Gasteiger partial charge in [0.05, 0.1) is 4.90 Å². The van der Waals surface area contributed by atoms with Gasteiger partial charge in [0.2, 0.25) is 10.0 Å². The molecule has 0 saturated heterocycles. The molecule has 0 amide bonds. The Morgan fingerprint density at radius 1 is 1.25 bits per heavy atom. The molecule has 0 bridgehead atoms. The molecule has 5 nitrogen and oxygen atoms in total. The van der Waals surface area contributed by atoms with Crippen molar-refractivity contribution in [1.82, 2.24) is 4.72 Å². The third kappa shape index (κ3) is 3.21. The summed E-state index contributed by atoms with van der Waals surface area (Å²) < 4.78 is 27.8. The third-order valence-corrected chi connectivity index (χ3v) is 5.58. The van der Waals surface area contributed by atoms with Crippen LogP contribution < -0.4 is 4.72 Å². The smallest absolute Gasteiger partial charge is 0.324 e. The summed E-state index contributed by atoms with van der Waals surface area (Å²) in [5, 5.41) is 9.42. The van der Waals surface area contributed by atoms with Gasteiger partial charge >= 0.3 is 5.97 Å². The van der Waals surface area contributed by atoms with Gasteiger partial charge in [0, 0.05) is 4.47 Å². The first kappa shape index (κ1) is 15.5. The lowest BCUT2D eigenvalue weighted by Gasteiger charge is -2.33. The number of carboxylic acids is 1. The zero-order valence-electron chi connectivity index (χ0n) is 10.8. The van der Waals surface area contributed by atoms with E-state index >= 15 is 0 Å². The second-order valence-corrected chi connectivity index (χ2v) is 7.61. The zero-order valence-corrected chi connectivity index (χ0v) is 13.2. The first-order chi connectivity index (χ1) is 9.36. The van der Waals surface area contributed by atoms with Crippen LogP contribution in [0.25, 0.3) is 0 Å². The van der Waals surface area contributed by atoms with E-state index < -0.39 is 21.5 Å². The van der Waals surface area contributed by atoms with E-state index in [1.165, 1.54) is 12.1 Å². The number of aliphatic carboxylic acids is 1. The maximum absolute atomic E-state index is 12.4. The SMILES string of the molecule is O=C(O)C1(NS(=O)(=O)c2cccc(Br)c2)CCCCC1. The Balaban J connectivity index is 2.32. The summed E-state index contributed by atoms with van der Waals surface area (Å²) in [5.41, 5.74) is -1.38. The predicted octanol–water partition coefficient (Wildman–Crippen LogP) is 2.51. The van der Waals surface area contributed by atoms with E-state index in [1.807, 2.05) is 0 Å². The lowest BCUT2D eigenvalue weighted by molar-refractivity contribution is -0.145. The van der Waals surface area contributed by atoms with Crippen LogP contribution in [-0.4, -0.2) is 25.0 Å². The van der Waals surface area contributed by atoms with Gasteiger partial charge in [0.1, 0.15) is 5.54 Å². The van der Waals surface area contributed by atoms with Crippen LogP contribution in [0.4, 0.5) is 0 Å². The molecule has 0 atom stereocenters. The first-order valence-corrected chi connectivity index (χ1v) is 8.66. The molecule has 0 unspecified atom stereocenters. The van der Waals surface area contributed by atoms with Crippen molar-refractivity contribution in [1.29, 1.82) is 0 Å². The third-order valence-electron chi connectivity index (χ3n) is 3.55. The molecule has 1 fully saturated rings. The second-order valence-electron chi connectivity index (χ2n) is 5.01. The van der Waals surface area contributed by atoms with Crippen molar-refractivity contribution in [2.75, 3.05) is 0 Å². The van der Waals surface area contributed by atoms with E-state index in [9.17, 15) is 18.3 Å². The standard InChI is InChI=1S/C13H16BrNO4S/c14-10-5-4-6-11(9-10)20(18,19)15-13(12(16)17)7-2-1-3-8-13/h4-6,9,15H,1-3,7-8H2,(H,16,17). The van der Waals surface area contributed by atoms with E-state index in [-0.39, 0.29) is 4.90 Å². The molecule has 0 heterocycles. The second kappa shape index (κ2) is 5.83. The van der Waals surface area contributed by atoms with Gasteiger partial charge in [-0.1, -0.05) is 41.3 Å². The summed E-state index contributed by atoms with van der Waals surface area (Å²) in [6.45, 7) is 0. The Morgan fingerprint density at radius 2 is 1.90 bits per heavy atom. The number of carbonyl (C=O) groups is 1. The van der Waals surface area contributed by atoms with Crippen molar-refractivity contribution < 1.29 is 18.3 Å². The van der Waals surface area contributed by atoms with E-state index in [4.69, 9.17) is 0 Å². The fourth-order valence-corrected chi connectivity index (χ4v) is 4.48. The lowest BCUT2D eigenvalue weighted by atomic mass is 9.83. The summed E-state index contributed by atoms with van der Waals surface area (Å²) in [7, 11) is -3.85. The van der Waals surface area contributed by atoms with Crippen LogP contribution >= 0.6 is 15.9 Å². The Kier molecular flexibility index (Phi) is 4.51. The number of sulfonamides is 1. The van der Waals surface area contributed by atoms with Gasteiger partial charge in [-0.15, -0.1) is 0 Å². The molecule has 2 N–H and O–H groups in total. The molecule has 1 aliphatic rings. The number of hydrogen-bond donors (Lipinski definition) is 2. The average molecular weight is 362 g/mol. The van der Waals surface area contributed by atoms with Gasteiger partial charge in [-0.3, -0.25) is 4.79 Å². The number of hydrogen-bond acceptors (Lipinski definition) is 3. The van der Waals surface area contributed by atoms with Gasteiger partial charge in [0.15, 0.2) is 0 Å². The summed E-state index contributed by atoms with van der Waals surface area (Å²) >= 11 is 3.21. The summed E-state index contributed by atoms with van der Waals surface area (Å²) in [6.07, 6.45) is 3.03. The molecule has 2 rings (SSSR count). The lowest BCUT2D eigenvalue weighted by Crippen LogP contribution is -2.55. The number of halogens is 1. The summed E-state index contributed by atoms with van der Waals surface area (Å²) in [4.78, 5) is 11.6. The topological polar surface area (TPSA) is 83.5 Å². The minimum absolute atomic E-state index is 0.0677. The van der Waals surface area contributed by atoms with Gasteiger partial charge in [-0.05, 0) is 31.0 Å². The van der Waals surface area contributed by atoms with Crippen molar-refractivity contribution in [2.24, 2.45) is 0 Å². The summed E-state index contributed by atoms with van der Waals surface area (Å²) in [6, 6.07) is 6.23. The Bertz CT molecular complexity index is 609. The van der Waals surface area contributed by atoms with Crippen LogP contribution in [0, 0.1) is 0 Å². The molecule has 1 aromatic rings. The number of nitrogens with one attached hydrogen (secondary N) is 1. The molecule has 7 heteroatoms. The van der Waals surface area contributed by atoms with Crippen LogP contribution in [0.3, 0.4) is 0 Å². The van der Waals surface area contributed by atoms with Gasteiger partial charge < -0.3 is 5.11 Å². The molecule has 0 radical (unpaired) electrons. The summed E-state index contributed by atoms with van der Waals surface area (Å²) in [5.74, 6) is -1.10. The Morgan fingerprint density at radius 3 is 2.45 bits per heavy atom. The molecule has 0 aliphatic heterocycles. The predicted molar refractivity (Wildman–Crippen MR) is 77.9 cm³/mol. The quantitative estimate of drug-likeness (QED) is 0.862. The Labute approximate surface area is 126 Å². The van der Waals surface area contributed by atoms with E-state index in [0.29, 0.717) is 30.2 Å². The number of rotatable bonds is 4. The molecule has 1 aliphatic carbocycles. The largest absolute Gasteiger partial charge is 0.480 e. The van der Waals surface area contributed by atoms with Crippen molar-refractivity contribution >= 4 is 31.9 Å². The van der Waals surface area contributed by atoms with E-state index in [0.717, 1.165) is 6.42 Å². The molecule has 1 aromatic carbocycles. The van der Waals surface area contributed by atoms with Crippen LogP contribution in [-0.2, 0) is 14.8 Å². The molecule has 110 valence electrons. The van der Waals surface area contributed by atoms with Gasteiger partial charge in [0.25, 0.3) is 0 Å². The van der Waals surface area contributed by atoms with Crippen LogP contribution in [0.1, 0.15) is 32.1 Å². The first-order valence-electron chi connectivity index (χ1n) is 6.39. The number of carboxylic acid groups (broad SMARTS) is 1. The van der Waals surface area contributed by atoms with Gasteiger partial charge in [-0.25, -0.2) is 8.42 Å². The monoisotopic (exact) mass is 361 g/mol. The maximum atomic E-state index is 12.4. The van der Waals surface area contributed by atoms with Crippen molar-refractivity contribution in [3.63, 3.8) is 0 Å². The number of benzene rings is 1. The van der Waals surface area contributed by atoms with E-state index in [1.54, 1.807) is 12.1 Å². The minimum atomic E-state index is -3.85. The highest BCUT2D eigenvalue weighted by atomic mass is 79.9. The van der Waals surface area contributed by atoms with Crippen LogP contribution in [0.5, 0.6) is 0 Å². The van der Waals surface area contributed by atoms with E-state index in [2.05, 4.69) is 20.7 Å². The minimum Gasteiger partial charge on any atom is -0.480 e. The molecule has 0 spiro atoms. The fraction of sp³-hybridized carbons (Fsp3) is 0.462. The molecular weight excluding hydrogens is 346 g/mol. The molecule has 0 aromatic heterocycles. The van der Waals surface area contributed by atoms with Crippen molar-refractivity contribution in [2.45, 2.75) is 42.5 Å². The van der Waals surface area contributed by atoms with Crippen LogP contribution in [0.15, 0.2) is 33.6 Å². The van der Waals surface area contributed by atoms with Gasteiger partial charge in [-0.2, -0.15) is 4.72 Å². The highest BCUT2D eigenvalue weighted by Gasteiger charge is 2.43. The van der Waals surface area contributed by atoms with Crippen molar-refractivity contribution in [3.8, 4) is 0 Å². The Hall–Kier alpha value is -0.920. The highest BCUT2D eigenvalue weighted by Crippen LogP contribution is 2.30. The fourth-order valence-electron chi connectivity index (χ4n) is 2.47. The maximum Gasteiger partial charge on any atom is 0.324 e. The highest BCUT2D eigenvalue weighted by molar-refractivity contribution is 9.10. The van der Waals surface area contributed by atoms with Crippen molar-refractivity contribution in [3.05, 3.63) is 28.7 Å². The molecular formula is C13H16BrNO4S. The average Bonchev–Trinajstić information content (AvgIpc) is 2.39. The zero-order chi connectivity index (χ0) is 14.8. The normalized spacial score (nSPS) is 18.6.